The Kier molecular flexibility index (Phi) is 3.16. The van der Waals surface area contributed by atoms with Gasteiger partial charge in [-0.3, -0.25) is 0 Å². The Hall–Kier alpha value is -4.40. The van der Waals surface area contributed by atoms with Crippen LogP contribution in [0, 0.1) is 18.6 Å². The van der Waals surface area contributed by atoms with Gasteiger partial charge < -0.3 is 8.96 Å². The highest BCUT2D eigenvalue weighted by molar-refractivity contribution is 6.37. The van der Waals surface area contributed by atoms with Gasteiger partial charge in [-0.2, -0.15) is 0 Å². The van der Waals surface area contributed by atoms with Crippen molar-refractivity contribution < 1.29 is 8.78 Å². The number of aryl methyl sites for hydroxylation is 1. The molecule has 3 aromatic carbocycles. The fraction of sp³-hybridized carbons (Fsp3) is 0.0400. The molecule has 0 aliphatic carbocycles. The summed E-state index contributed by atoms with van der Waals surface area (Å²) in [6, 6.07) is 15.3. The number of hydrogen-bond donors (Lipinski definition) is 0. The second-order valence-electron chi connectivity index (χ2n) is 8.82. The van der Waals surface area contributed by atoms with Crippen LogP contribution in [-0.4, -0.2) is 28.2 Å². The van der Waals surface area contributed by atoms with Crippen LogP contribution in [-0.2, 0) is 0 Å². The average molecular weight is 446 g/mol. The molecule has 2 aromatic heterocycles. The smallest absolute Gasteiger partial charge is 0.336 e. The molecule has 0 fully saturated rings. The lowest BCUT2D eigenvalue weighted by Crippen LogP contribution is -2.38. The number of nitrogens with zero attached hydrogens (tertiary/aromatic N) is 6. The summed E-state index contributed by atoms with van der Waals surface area (Å²) in [4.78, 5) is 19.5. The van der Waals surface area contributed by atoms with Crippen LogP contribution < -0.4 is 11.0 Å². The lowest BCUT2D eigenvalue weighted by atomic mass is 10.1. The third-order valence-corrected chi connectivity index (χ3v) is 6.74. The van der Waals surface area contributed by atoms with Crippen molar-refractivity contribution >= 4 is 52.4 Å². The van der Waals surface area contributed by atoms with Crippen molar-refractivity contribution in [2.75, 3.05) is 0 Å². The predicted octanol–water partition coefficient (Wildman–Crippen LogP) is 3.58. The second-order valence-corrected chi connectivity index (χ2v) is 8.82. The van der Waals surface area contributed by atoms with Crippen molar-refractivity contribution in [3.63, 3.8) is 0 Å². The SMILES string of the molecule is Cc1ccc2c3n4c(c2c1)N=c1c2cc(F)ccc2/c(n1B4)=N/C1=NC(=N\3)/c2ccc(F)cc21. The van der Waals surface area contributed by atoms with Crippen LogP contribution in [0.2, 0.25) is 0 Å². The fourth-order valence-electron chi connectivity index (χ4n) is 5.20. The molecule has 0 amide bonds. The van der Waals surface area contributed by atoms with E-state index in [0.29, 0.717) is 41.1 Å². The third kappa shape index (κ3) is 2.18. The summed E-state index contributed by atoms with van der Waals surface area (Å²) in [5.41, 5.74) is 3.66. The molecule has 0 saturated carbocycles. The van der Waals surface area contributed by atoms with E-state index in [2.05, 4.69) is 6.07 Å². The zero-order valence-electron chi connectivity index (χ0n) is 17.8. The van der Waals surface area contributed by atoms with Gasteiger partial charge in [0.15, 0.2) is 11.7 Å². The molecule has 9 heteroatoms. The molecule has 3 aliphatic heterocycles. The van der Waals surface area contributed by atoms with Crippen molar-refractivity contribution in [1.82, 2.24) is 8.96 Å². The summed E-state index contributed by atoms with van der Waals surface area (Å²) in [6.07, 6.45) is 0. The van der Waals surface area contributed by atoms with E-state index in [4.69, 9.17) is 20.0 Å². The molecule has 8 rings (SSSR count). The lowest BCUT2D eigenvalue weighted by Gasteiger charge is -2.14. The number of halogens is 2. The Morgan fingerprint density at radius 1 is 0.618 bits per heavy atom. The van der Waals surface area contributed by atoms with Crippen molar-refractivity contribution in [2.24, 2.45) is 20.0 Å². The number of rotatable bonds is 0. The molecule has 3 aliphatic rings. The molecule has 6 nitrogen and oxygen atoms in total. The van der Waals surface area contributed by atoms with Crippen LogP contribution in [0.1, 0.15) is 16.7 Å². The molecule has 0 spiro atoms. The van der Waals surface area contributed by atoms with Crippen LogP contribution >= 0.6 is 0 Å². The highest BCUT2D eigenvalue weighted by Crippen LogP contribution is 2.40. The molecular formula is C25H13BF2N6. The summed E-state index contributed by atoms with van der Waals surface area (Å²) in [6.45, 7) is 2.04. The number of amidine groups is 2. The average Bonchev–Trinajstić information content (AvgIpc) is 3.42. The highest BCUT2D eigenvalue weighted by Gasteiger charge is 2.29. The molecule has 0 atom stereocenters. The first-order chi connectivity index (χ1) is 16.5. The van der Waals surface area contributed by atoms with Gasteiger partial charge in [-0.15, -0.1) is 0 Å². The van der Waals surface area contributed by atoms with Gasteiger partial charge in [-0.25, -0.2) is 28.8 Å². The van der Waals surface area contributed by atoms with Crippen LogP contribution in [0.15, 0.2) is 74.6 Å². The minimum absolute atomic E-state index is 0.342. The van der Waals surface area contributed by atoms with Crippen molar-refractivity contribution in [1.29, 1.82) is 0 Å². The Balaban J connectivity index is 1.64. The molecule has 160 valence electrons. The van der Waals surface area contributed by atoms with E-state index < -0.39 is 0 Å². The van der Waals surface area contributed by atoms with E-state index in [1.54, 1.807) is 12.1 Å². The van der Waals surface area contributed by atoms with Gasteiger partial charge in [-0.1, -0.05) is 17.7 Å². The maximum atomic E-state index is 14.3. The van der Waals surface area contributed by atoms with Crippen molar-refractivity contribution in [3.8, 4) is 0 Å². The molecule has 0 unspecified atom stereocenters. The number of aromatic nitrogens is 2. The van der Waals surface area contributed by atoms with E-state index >= 15 is 0 Å². The number of hydrogen-bond acceptors (Lipinski definition) is 4. The van der Waals surface area contributed by atoms with Gasteiger partial charge in [0.05, 0.1) is 0 Å². The summed E-state index contributed by atoms with van der Waals surface area (Å²) in [5, 5.41) is 3.35. The summed E-state index contributed by atoms with van der Waals surface area (Å²) in [7, 11) is 0.418. The highest BCUT2D eigenvalue weighted by atomic mass is 19.1. The summed E-state index contributed by atoms with van der Waals surface area (Å²) >= 11 is 0. The number of benzene rings is 3. The second kappa shape index (κ2) is 5.93. The quantitative estimate of drug-likeness (QED) is 0.321. The Morgan fingerprint density at radius 3 is 2.26 bits per heavy atom. The predicted molar refractivity (Wildman–Crippen MR) is 128 cm³/mol. The van der Waals surface area contributed by atoms with Crippen molar-refractivity contribution in [3.05, 3.63) is 93.9 Å². The maximum Gasteiger partial charge on any atom is 0.371 e. The molecule has 4 bridgehead atoms. The maximum absolute atomic E-state index is 14.3. The molecule has 0 N–H and O–H groups in total. The zero-order chi connectivity index (χ0) is 22.7. The first-order valence-corrected chi connectivity index (χ1v) is 10.9. The van der Waals surface area contributed by atoms with Gasteiger partial charge in [0.25, 0.3) is 0 Å². The molecule has 0 radical (unpaired) electrons. The summed E-state index contributed by atoms with van der Waals surface area (Å²) in [5.74, 6) is 1.65. The summed E-state index contributed by atoms with van der Waals surface area (Å²) < 4.78 is 32.5. The number of aliphatic imine (C=N–C) groups is 2. The van der Waals surface area contributed by atoms with E-state index in [0.717, 1.165) is 38.9 Å². The Labute approximate surface area is 191 Å². The van der Waals surface area contributed by atoms with E-state index in [-0.39, 0.29) is 11.6 Å². The minimum Gasteiger partial charge on any atom is -0.336 e. The Morgan fingerprint density at radius 2 is 1.35 bits per heavy atom. The van der Waals surface area contributed by atoms with Gasteiger partial charge in [0.1, 0.15) is 34.2 Å². The normalized spacial score (nSPS) is 17.3. The van der Waals surface area contributed by atoms with E-state index in [9.17, 15) is 8.78 Å². The molecule has 0 saturated heterocycles. The molecular weight excluding hydrogens is 433 g/mol. The molecule has 5 heterocycles. The monoisotopic (exact) mass is 446 g/mol. The standard InChI is InChI=1S/C25H13BF2N6/c1-11-2-5-15-18(8-11)24-32-25-19-10-13(28)4-7-16(19)23-31-21-17-9-12(27)3-6-14(17)20(29-21)30-22(15)33(24)26-34(23)25/h2-10,26H,1H3/b30-20-,30-22?,31-21?,31-23-. The topological polar surface area (TPSA) is 59.3 Å². The van der Waals surface area contributed by atoms with Gasteiger partial charge in [-0.05, 0) is 49.4 Å². The largest absolute Gasteiger partial charge is 0.371 e. The van der Waals surface area contributed by atoms with Gasteiger partial charge >= 0.3 is 7.55 Å². The molecule has 34 heavy (non-hydrogen) atoms. The minimum atomic E-state index is -0.369. The lowest BCUT2D eigenvalue weighted by molar-refractivity contribution is 0.627. The van der Waals surface area contributed by atoms with Crippen molar-refractivity contribution in [2.45, 2.75) is 6.92 Å². The van der Waals surface area contributed by atoms with Gasteiger partial charge in [0, 0.05) is 32.7 Å². The first-order valence-electron chi connectivity index (χ1n) is 10.9. The fourth-order valence-corrected chi connectivity index (χ4v) is 5.20. The third-order valence-electron chi connectivity index (χ3n) is 6.74. The van der Waals surface area contributed by atoms with Crippen LogP contribution in [0.3, 0.4) is 0 Å². The zero-order valence-corrected chi connectivity index (χ0v) is 17.8. The Bertz CT molecular complexity index is 1980. The van der Waals surface area contributed by atoms with E-state index in [1.165, 1.54) is 24.3 Å². The van der Waals surface area contributed by atoms with E-state index in [1.807, 2.05) is 28.0 Å². The van der Waals surface area contributed by atoms with Crippen LogP contribution in [0.25, 0.3) is 21.5 Å². The molecule has 5 aromatic rings. The van der Waals surface area contributed by atoms with Gasteiger partial charge in [0.2, 0.25) is 0 Å². The van der Waals surface area contributed by atoms with Crippen LogP contribution in [0.4, 0.5) is 20.4 Å². The number of fused-ring (bicyclic) bond motifs is 10. The van der Waals surface area contributed by atoms with Crippen LogP contribution in [0.5, 0.6) is 0 Å². The first kappa shape index (κ1) is 18.1.